The molecule has 0 bridgehead atoms. The molecule has 3 fully saturated rings. The van der Waals surface area contributed by atoms with Crippen LogP contribution < -0.4 is 9.80 Å². The average molecular weight is 684 g/mol. The summed E-state index contributed by atoms with van der Waals surface area (Å²) in [7, 11) is 0. The molecule has 4 aliphatic rings. The molecule has 242 valence electrons. The highest BCUT2D eigenvalue weighted by Crippen LogP contribution is 2.65. The number of halogens is 3. The number of carbonyl (C=O) groups excluding carboxylic acids is 4. The summed E-state index contributed by atoms with van der Waals surface area (Å²) in [6.45, 7) is 3.57. The van der Waals surface area contributed by atoms with Gasteiger partial charge in [0, 0.05) is 16.5 Å². The van der Waals surface area contributed by atoms with Gasteiger partial charge in [0.05, 0.1) is 39.6 Å². The number of aryl methyl sites for hydroxylation is 1. The van der Waals surface area contributed by atoms with Crippen molar-refractivity contribution < 1.29 is 28.7 Å². The molecule has 7 nitrogen and oxygen atoms in total. The van der Waals surface area contributed by atoms with Gasteiger partial charge >= 0.3 is 0 Å². The van der Waals surface area contributed by atoms with Gasteiger partial charge in [0.1, 0.15) is 11.6 Å². The Labute approximate surface area is 285 Å². The average Bonchev–Trinajstić information content (AvgIpc) is 3.43. The van der Waals surface area contributed by atoms with Crippen LogP contribution in [-0.2, 0) is 19.2 Å². The van der Waals surface area contributed by atoms with Gasteiger partial charge in [0.2, 0.25) is 23.6 Å². The Hall–Kier alpha value is -4.53. The van der Waals surface area contributed by atoms with Crippen LogP contribution in [0.5, 0.6) is 5.75 Å². The highest BCUT2D eigenvalue weighted by atomic mass is 35.5. The molecule has 0 aromatic heterocycles. The summed E-state index contributed by atoms with van der Waals surface area (Å²) in [5.74, 6) is -6.27. The predicted octanol–water partition coefficient (Wildman–Crippen LogP) is 7.74. The van der Waals surface area contributed by atoms with Gasteiger partial charge in [-0.1, -0.05) is 71.2 Å². The number of rotatable bonds is 3. The Kier molecular flexibility index (Phi) is 6.89. The van der Waals surface area contributed by atoms with Crippen molar-refractivity contribution >= 4 is 69.0 Å². The molecule has 6 atom stereocenters. The van der Waals surface area contributed by atoms with E-state index >= 15 is 0 Å². The molecule has 2 aliphatic carbocycles. The molecule has 0 radical (unpaired) electrons. The molecule has 48 heavy (non-hydrogen) atoms. The number of aromatic hydroxyl groups is 1. The molecule has 2 saturated heterocycles. The first-order chi connectivity index (χ1) is 22.9. The molecule has 4 aromatic carbocycles. The second kappa shape index (κ2) is 10.7. The molecule has 8 rings (SSSR count). The Morgan fingerprint density at radius 1 is 0.833 bits per heavy atom. The number of nitrogens with zero attached hydrogens (tertiary/aromatic N) is 2. The van der Waals surface area contributed by atoms with Crippen LogP contribution in [0.15, 0.2) is 84.4 Å². The first-order valence-electron chi connectivity index (χ1n) is 15.8. The third-order valence-electron chi connectivity index (χ3n) is 11.1. The minimum atomic E-state index is -1.40. The molecule has 0 unspecified atom stereocenters. The van der Waals surface area contributed by atoms with E-state index in [1.165, 1.54) is 17.0 Å². The Balaban J connectivity index is 1.32. The summed E-state index contributed by atoms with van der Waals surface area (Å²) in [5.41, 5.74) is 1.15. The van der Waals surface area contributed by atoms with Crippen molar-refractivity contribution in [3.63, 3.8) is 0 Å². The molecule has 2 heterocycles. The zero-order valence-electron chi connectivity index (χ0n) is 25.9. The summed E-state index contributed by atoms with van der Waals surface area (Å²) >= 11 is 12.5. The normalized spacial score (nSPS) is 28.1. The number of phenolic OH excluding ortho intramolecular Hbond substituents is 1. The number of amides is 4. The van der Waals surface area contributed by atoms with Crippen molar-refractivity contribution in [2.24, 2.45) is 29.1 Å². The number of anilines is 2. The Morgan fingerprint density at radius 2 is 1.54 bits per heavy atom. The van der Waals surface area contributed by atoms with Gasteiger partial charge in [0.25, 0.3) is 0 Å². The maximum Gasteiger partial charge on any atom is 0.241 e. The van der Waals surface area contributed by atoms with Crippen LogP contribution in [-0.4, -0.2) is 28.7 Å². The van der Waals surface area contributed by atoms with Gasteiger partial charge in [-0.05, 0) is 85.3 Å². The predicted molar refractivity (Wildman–Crippen MR) is 180 cm³/mol. The van der Waals surface area contributed by atoms with Crippen LogP contribution in [0.25, 0.3) is 10.8 Å². The second-order valence-corrected chi connectivity index (χ2v) is 14.2. The van der Waals surface area contributed by atoms with Crippen molar-refractivity contribution in [1.29, 1.82) is 0 Å². The minimum absolute atomic E-state index is 0.0457. The van der Waals surface area contributed by atoms with Gasteiger partial charge < -0.3 is 5.11 Å². The number of imide groups is 2. The monoisotopic (exact) mass is 682 g/mol. The van der Waals surface area contributed by atoms with E-state index < -0.39 is 52.6 Å². The number of hydrogen-bond donors (Lipinski definition) is 1. The smallest absolute Gasteiger partial charge is 0.241 e. The minimum Gasteiger partial charge on any atom is -0.508 e. The number of benzene rings is 4. The summed E-state index contributed by atoms with van der Waals surface area (Å²) in [6.07, 6.45) is 2.31. The summed E-state index contributed by atoms with van der Waals surface area (Å²) in [6, 6.07) is 19.6. The third kappa shape index (κ3) is 4.12. The highest BCUT2D eigenvalue weighted by Gasteiger charge is 2.68. The molecular weight excluding hydrogens is 654 g/mol. The van der Waals surface area contributed by atoms with Gasteiger partial charge in [-0.25, -0.2) is 14.2 Å². The maximum atomic E-state index is 14.7. The van der Waals surface area contributed by atoms with Crippen LogP contribution >= 0.6 is 23.2 Å². The number of phenols is 1. The maximum absolute atomic E-state index is 14.7. The van der Waals surface area contributed by atoms with Gasteiger partial charge in [-0.2, -0.15) is 0 Å². The van der Waals surface area contributed by atoms with E-state index in [0.717, 1.165) is 27.5 Å². The molecule has 4 amide bonds. The van der Waals surface area contributed by atoms with E-state index in [4.69, 9.17) is 23.2 Å². The van der Waals surface area contributed by atoms with Crippen molar-refractivity contribution in [2.75, 3.05) is 9.80 Å². The topological polar surface area (TPSA) is 95.0 Å². The number of hydrogen-bond acceptors (Lipinski definition) is 5. The lowest BCUT2D eigenvalue weighted by Gasteiger charge is -2.49. The summed E-state index contributed by atoms with van der Waals surface area (Å²) in [5, 5.41) is 13.3. The number of fused-ring (bicyclic) bond motifs is 5. The first kappa shape index (κ1) is 30.8. The van der Waals surface area contributed by atoms with Crippen molar-refractivity contribution in [2.45, 2.75) is 32.6 Å². The standard InChI is InChI=1S/C38H29Cl2FN2O5/c1-18-7-9-20(15-27(18)39)42-34(45)24-12-11-23-25(31(24)36(42)47)17-26-35(46)43(21-10-13-29(41)28(40)16-21)37(48)38(26,2)33(23)32-22-6-4-3-5-19(22)8-14-30(32)44/h3-11,13-16,24-26,31,33,44H,12,17H2,1-2H3/t24-,25+,26-,31-,33+,38+/m0/s1. The van der Waals surface area contributed by atoms with E-state index in [1.807, 2.05) is 37.3 Å². The fourth-order valence-corrected chi connectivity index (χ4v) is 9.11. The van der Waals surface area contributed by atoms with Crippen LogP contribution in [0, 0.1) is 41.8 Å². The molecule has 4 aromatic rings. The van der Waals surface area contributed by atoms with Crippen LogP contribution in [0.4, 0.5) is 15.8 Å². The van der Waals surface area contributed by atoms with Crippen molar-refractivity contribution in [3.05, 3.63) is 111 Å². The lowest BCUT2D eigenvalue weighted by molar-refractivity contribution is -0.131. The van der Waals surface area contributed by atoms with E-state index in [1.54, 1.807) is 37.3 Å². The fourth-order valence-electron chi connectivity index (χ4n) is 8.76. The zero-order chi connectivity index (χ0) is 33.8. The largest absolute Gasteiger partial charge is 0.508 e. The zero-order valence-corrected chi connectivity index (χ0v) is 27.4. The van der Waals surface area contributed by atoms with E-state index in [-0.39, 0.29) is 41.1 Å². The molecule has 10 heteroatoms. The Bertz CT molecular complexity index is 2170. The molecule has 1 saturated carbocycles. The highest BCUT2D eigenvalue weighted by molar-refractivity contribution is 6.32. The second-order valence-electron chi connectivity index (χ2n) is 13.4. The first-order valence-corrected chi connectivity index (χ1v) is 16.6. The van der Waals surface area contributed by atoms with Crippen molar-refractivity contribution in [1.82, 2.24) is 0 Å². The molecule has 1 N–H and O–H groups in total. The van der Waals surface area contributed by atoms with E-state index in [0.29, 0.717) is 21.7 Å². The summed E-state index contributed by atoms with van der Waals surface area (Å²) < 4.78 is 14.2. The van der Waals surface area contributed by atoms with Gasteiger partial charge in [-0.3, -0.25) is 19.2 Å². The molecular formula is C38H29Cl2FN2O5. The molecule has 0 spiro atoms. The number of allylic oxidation sites excluding steroid dienone is 2. The quantitative estimate of drug-likeness (QED) is 0.176. The molecule has 2 aliphatic heterocycles. The van der Waals surface area contributed by atoms with Crippen molar-refractivity contribution in [3.8, 4) is 5.75 Å². The summed E-state index contributed by atoms with van der Waals surface area (Å²) in [4.78, 5) is 59.7. The van der Waals surface area contributed by atoms with Crippen LogP contribution in [0.2, 0.25) is 10.0 Å². The lowest BCUT2D eigenvalue weighted by atomic mass is 9.51. The van der Waals surface area contributed by atoms with Crippen LogP contribution in [0.1, 0.15) is 36.8 Å². The lowest BCUT2D eigenvalue weighted by Crippen LogP contribution is -2.49. The van der Waals surface area contributed by atoms with E-state index in [2.05, 4.69) is 0 Å². The number of carbonyl (C=O) groups is 4. The SMILES string of the molecule is Cc1ccc(N2C(=O)[C@H]3[C@H](CC=C4[C@H]3C[C@H]3C(=O)N(c5ccc(F)c(Cl)c5)C(=O)[C@@]3(C)[C@H]4c3c(O)ccc4ccccc34)C2=O)cc1Cl. The fraction of sp³-hybridized carbons (Fsp3) is 0.263. The van der Waals surface area contributed by atoms with Crippen LogP contribution in [0.3, 0.4) is 0 Å². The third-order valence-corrected chi connectivity index (χ3v) is 11.8. The van der Waals surface area contributed by atoms with Gasteiger partial charge in [0.15, 0.2) is 0 Å². The van der Waals surface area contributed by atoms with E-state index in [9.17, 15) is 28.7 Å². The van der Waals surface area contributed by atoms with Gasteiger partial charge in [-0.15, -0.1) is 0 Å². The Morgan fingerprint density at radius 3 is 2.29 bits per heavy atom.